The molecule has 1 aliphatic carbocycles. The first kappa shape index (κ1) is 15.1. The maximum absolute atomic E-state index is 12.9. The zero-order valence-electron chi connectivity index (χ0n) is 13.4. The summed E-state index contributed by atoms with van der Waals surface area (Å²) in [5, 5.41) is 15.5. The second-order valence-corrected chi connectivity index (χ2v) is 6.47. The Kier molecular flexibility index (Phi) is 3.90. The number of fused-ring (bicyclic) bond motifs is 3. The number of hydrogen-bond donors (Lipinski definition) is 2. The van der Waals surface area contributed by atoms with E-state index in [1.165, 1.54) is 0 Å². The Bertz CT molecular complexity index is 902. The second-order valence-electron chi connectivity index (χ2n) is 6.47. The highest BCUT2D eigenvalue weighted by Gasteiger charge is 2.32. The predicted octanol–water partition coefficient (Wildman–Crippen LogP) is 3.28. The number of carbonyl (C=O) groups excluding carboxylic acids is 1. The van der Waals surface area contributed by atoms with Gasteiger partial charge in [0.15, 0.2) is 0 Å². The van der Waals surface area contributed by atoms with Crippen molar-refractivity contribution >= 4 is 27.6 Å². The number of aromatic nitrogens is 1. The molecule has 1 heterocycles. The van der Waals surface area contributed by atoms with Gasteiger partial charge in [-0.3, -0.25) is 9.78 Å². The SMILES string of the molecule is O=C(NC(CCO)C1CC1)c1cc2ccccc2c2cccnc12. The first-order valence-corrected chi connectivity index (χ1v) is 8.46. The lowest BCUT2D eigenvalue weighted by atomic mass is 10.00. The summed E-state index contributed by atoms with van der Waals surface area (Å²) in [5.74, 6) is 0.399. The molecule has 0 spiro atoms. The van der Waals surface area contributed by atoms with Gasteiger partial charge < -0.3 is 10.4 Å². The molecule has 4 nitrogen and oxygen atoms in total. The lowest BCUT2D eigenvalue weighted by Crippen LogP contribution is -2.37. The molecule has 2 aromatic carbocycles. The fraction of sp³-hybridized carbons (Fsp3) is 0.300. The molecule has 1 saturated carbocycles. The van der Waals surface area contributed by atoms with E-state index in [1.807, 2.05) is 36.4 Å². The summed E-state index contributed by atoms with van der Waals surface area (Å²) in [6.45, 7) is 0.0954. The van der Waals surface area contributed by atoms with Crippen molar-refractivity contribution in [2.24, 2.45) is 5.92 Å². The van der Waals surface area contributed by atoms with Crippen LogP contribution in [-0.4, -0.2) is 28.6 Å². The van der Waals surface area contributed by atoms with Gasteiger partial charge in [0.2, 0.25) is 0 Å². The Morgan fingerprint density at radius 1 is 1.21 bits per heavy atom. The van der Waals surface area contributed by atoms with Crippen LogP contribution < -0.4 is 5.32 Å². The van der Waals surface area contributed by atoms with Crippen LogP contribution in [0.25, 0.3) is 21.7 Å². The van der Waals surface area contributed by atoms with Crippen LogP contribution in [0.15, 0.2) is 48.7 Å². The second kappa shape index (κ2) is 6.21. The Balaban J connectivity index is 1.78. The third-order valence-corrected chi connectivity index (χ3v) is 4.81. The molecule has 1 aliphatic rings. The lowest BCUT2D eigenvalue weighted by Gasteiger charge is -2.18. The molecule has 1 fully saturated rings. The topological polar surface area (TPSA) is 62.2 Å². The number of amides is 1. The van der Waals surface area contributed by atoms with Gasteiger partial charge in [0.25, 0.3) is 5.91 Å². The minimum absolute atomic E-state index is 0.0488. The van der Waals surface area contributed by atoms with E-state index in [-0.39, 0.29) is 18.6 Å². The van der Waals surface area contributed by atoms with E-state index >= 15 is 0 Å². The molecular formula is C20H20N2O2. The molecule has 4 rings (SSSR count). The molecule has 122 valence electrons. The van der Waals surface area contributed by atoms with Crippen LogP contribution in [0.3, 0.4) is 0 Å². The van der Waals surface area contributed by atoms with Gasteiger partial charge >= 0.3 is 0 Å². The zero-order valence-corrected chi connectivity index (χ0v) is 13.4. The third kappa shape index (κ3) is 2.74. The van der Waals surface area contributed by atoms with E-state index in [1.54, 1.807) is 6.20 Å². The van der Waals surface area contributed by atoms with Crippen molar-refractivity contribution in [3.63, 3.8) is 0 Å². The van der Waals surface area contributed by atoms with E-state index in [4.69, 9.17) is 0 Å². The number of aliphatic hydroxyl groups is 1. The summed E-state index contributed by atoms with van der Waals surface area (Å²) >= 11 is 0. The van der Waals surface area contributed by atoms with Gasteiger partial charge in [0, 0.05) is 24.2 Å². The highest BCUT2D eigenvalue weighted by Crippen LogP contribution is 2.34. The minimum Gasteiger partial charge on any atom is -0.396 e. The molecular weight excluding hydrogens is 300 g/mol. The van der Waals surface area contributed by atoms with Gasteiger partial charge in [-0.25, -0.2) is 0 Å². The molecule has 0 radical (unpaired) electrons. The van der Waals surface area contributed by atoms with Crippen LogP contribution in [0, 0.1) is 5.92 Å². The first-order valence-electron chi connectivity index (χ1n) is 8.46. The maximum atomic E-state index is 12.9. The molecule has 1 amide bonds. The number of nitrogens with one attached hydrogen (secondary N) is 1. The highest BCUT2D eigenvalue weighted by atomic mass is 16.3. The van der Waals surface area contributed by atoms with Crippen molar-refractivity contribution in [2.75, 3.05) is 6.61 Å². The van der Waals surface area contributed by atoms with Crippen molar-refractivity contribution < 1.29 is 9.90 Å². The van der Waals surface area contributed by atoms with Crippen molar-refractivity contribution in [2.45, 2.75) is 25.3 Å². The molecule has 3 aromatic rings. The first-order chi connectivity index (χ1) is 11.8. The van der Waals surface area contributed by atoms with Gasteiger partial charge in [-0.2, -0.15) is 0 Å². The Labute approximate surface area is 140 Å². The van der Waals surface area contributed by atoms with E-state index in [0.717, 1.165) is 34.5 Å². The average molecular weight is 320 g/mol. The normalized spacial score (nSPS) is 15.5. The number of pyridine rings is 1. The smallest absolute Gasteiger partial charge is 0.253 e. The predicted molar refractivity (Wildman–Crippen MR) is 94.9 cm³/mol. The van der Waals surface area contributed by atoms with Crippen molar-refractivity contribution in [1.82, 2.24) is 10.3 Å². The van der Waals surface area contributed by atoms with Crippen LogP contribution in [0.4, 0.5) is 0 Å². The van der Waals surface area contributed by atoms with Gasteiger partial charge in [-0.1, -0.05) is 30.3 Å². The van der Waals surface area contributed by atoms with Gasteiger partial charge in [0.1, 0.15) is 0 Å². The number of benzene rings is 2. The minimum atomic E-state index is -0.102. The van der Waals surface area contributed by atoms with E-state index in [2.05, 4.69) is 16.4 Å². The number of hydrogen-bond acceptors (Lipinski definition) is 3. The third-order valence-electron chi connectivity index (χ3n) is 4.81. The monoisotopic (exact) mass is 320 g/mol. The molecule has 1 atom stereocenters. The molecule has 0 aliphatic heterocycles. The zero-order chi connectivity index (χ0) is 16.5. The highest BCUT2D eigenvalue weighted by molar-refractivity contribution is 6.15. The largest absolute Gasteiger partial charge is 0.396 e. The fourth-order valence-electron chi connectivity index (χ4n) is 3.41. The maximum Gasteiger partial charge on any atom is 0.253 e. The van der Waals surface area contributed by atoms with Gasteiger partial charge in [-0.15, -0.1) is 0 Å². The number of aliphatic hydroxyl groups excluding tert-OH is 1. The summed E-state index contributed by atoms with van der Waals surface area (Å²) in [5.41, 5.74) is 1.33. The molecule has 2 N–H and O–H groups in total. The van der Waals surface area contributed by atoms with Crippen LogP contribution >= 0.6 is 0 Å². The molecule has 0 bridgehead atoms. The Hall–Kier alpha value is -2.46. The van der Waals surface area contributed by atoms with Crippen molar-refractivity contribution in [1.29, 1.82) is 0 Å². The van der Waals surface area contributed by atoms with Crippen molar-refractivity contribution in [3.05, 3.63) is 54.2 Å². The van der Waals surface area contributed by atoms with E-state index in [9.17, 15) is 9.90 Å². The summed E-state index contributed by atoms with van der Waals surface area (Å²) in [6, 6.07) is 13.9. The standard InChI is InChI=1S/C20H20N2O2/c23-11-9-18(13-7-8-13)22-20(24)17-12-14-4-1-2-5-15(14)16-6-3-10-21-19(16)17/h1-6,10,12-13,18,23H,7-9,11H2,(H,22,24). The average Bonchev–Trinajstić information content (AvgIpc) is 3.45. The van der Waals surface area contributed by atoms with Crippen LogP contribution in [0.2, 0.25) is 0 Å². The number of carbonyl (C=O) groups is 1. The Morgan fingerprint density at radius 2 is 2.00 bits per heavy atom. The summed E-state index contributed by atoms with van der Waals surface area (Å²) in [4.78, 5) is 17.3. The van der Waals surface area contributed by atoms with Crippen LogP contribution in [0.1, 0.15) is 29.6 Å². The van der Waals surface area contributed by atoms with Gasteiger partial charge in [0.05, 0.1) is 11.1 Å². The fourth-order valence-corrected chi connectivity index (χ4v) is 3.41. The number of nitrogens with zero attached hydrogens (tertiary/aromatic N) is 1. The van der Waals surface area contributed by atoms with Gasteiger partial charge in [-0.05, 0) is 48.1 Å². The summed E-state index contributed by atoms with van der Waals surface area (Å²) < 4.78 is 0. The Morgan fingerprint density at radius 3 is 2.79 bits per heavy atom. The van der Waals surface area contributed by atoms with Crippen LogP contribution in [-0.2, 0) is 0 Å². The molecule has 4 heteroatoms. The van der Waals surface area contributed by atoms with Crippen molar-refractivity contribution in [3.8, 4) is 0 Å². The summed E-state index contributed by atoms with van der Waals surface area (Å²) in [6.07, 6.45) is 4.58. The quantitative estimate of drug-likeness (QED) is 0.709. The molecule has 1 unspecified atom stereocenters. The van der Waals surface area contributed by atoms with Crippen LogP contribution in [0.5, 0.6) is 0 Å². The lowest BCUT2D eigenvalue weighted by molar-refractivity contribution is 0.0926. The number of rotatable bonds is 5. The van der Waals surface area contributed by atoms with E-state index in [0.29, 0.717) is 17.9 Å². The summed E-state index contributed by atoms with van der Waals surface area (Å²) in [7, 11) is 0. The molecule has 0 saturated heterocycles. The molecule has 24 heavy (non-hydrogen) atoms. The van der Waals surface area contributed by atoms with E-state index < -0.39 is 0 Å². The molecule has 1 aromatic heterocycles.